The van der Waals surface area contributed by atoms with Crippen LogP contribution in [0.3, 0.4) is 0 Å². The Balaban J connectivity index is 1.86. The van der Waals surface area contributed by atoms with Crippen molar-refractivity contribution in [3.63, 3.8) is 0 Å². The molecule has 21 heavy (non-hydrogen) atoms. The van der Waals surface area contributed by atoms with E-state index in [0.29, 0.717) is 6.54 Å². The molecule has 0 saturated carbocycles. The van der Waals surface area contributed by atoms with Gasteiger partial charge in [0.25, 0.3) is 0 Å². The van der Waals surface area contributed by atoms with E-state index >= 15 is 0 Å². The van der Waals surface area contributed by atoms with E-state index in [1.165, 1.54) is 5.56 Å². The van der Waals surface area contributed by atoms with E-state index in [1.807, 2.05) is 41.3 Å². The van der Waals surface area contributed by atoms with E-state index in [-0.39, 0.29) is 6.04 Å². The van der Waals surface area contributed by atoms with Crippen LogP contribution in [0.4, 0.5) is 0 Å². The third kappa shape index (κ3) is 2.92. The molecule has 2 heterocycles. The molecule has 0 aliphatic rings. The van der Waals surface area contributed by atoms with Crippen LogP contribution in [0.2, 0.25) is 0 Å². The van der Waals surface area contributed by atoms with Crippen molar-refractivity contribution in [2.75, 3.05) is 0 Å². The number of para-hydroxylation sites is 1. The number of benzene rings is 1. The average Bonchev–Trinajstić information content (AvgIpc) is 2.97. The molecule has 5 heteroatoms. The topological polar surface area (TPSA) is 69.6 Å². The maximum absolute atomic E-state index is 6.08. The van der Waals surface area contributed by atoms with Gasteiger partial charge in [-0.3, -0.25) is 4.98 Å². The smallest absolute Gasteiger partial charge is 0.0994 e. The zero-order valence-electron chi connectivity index (χ0n) is 12.1. The van der Waals surface area contributed by atoms with Crippen molar-refractivity contribution in [3.05, 3.63) is 54.0 Å². The summed E-state index contributed by atoms with van der Waals surface area (Å²) in [6, 6.07) is 10.1. The second-order valence-electron chi connectivity index (χ2n) is 5.22. The quantitative estimate of drug-likeness (QED) is 0.780. The molecular weight excluding hydrogens is 262 g/mol. The van der Waals surface area contributed by atoms with Gasteiger partial charge in [-0.25, -0.2) is 4.68 Å². The van der Waals surface area contributed by atoms with Crippen LogP contribution >= 0.6 is 0 Å². The van der Waals surface area contributed by atoms with E-state index < -0.39 is 0 Å². The SMILES string of the molecule is CCCC(N)c1cn(Cc2ccnc3ccccc23)nn1. The lowest BCUT2D eigenvalue weighted by Crippen LogP contribution is -2.10. The number of nitrogens with zero attached hydrogens (tertiary/aromatic N) is 4. The van der Waals surface area contributed by atoms with Gasteiger partial charge in [-0.15, -0.1) is 5.10 Å². The van der Waals surface area contributed by atoms with Gasteiger partial charge < -0.3 is 5.73 Å². The minimum absolute atomic E-state index is 0.0297. The second-order valence-corrected chi connectivity index (χ2v) is 5.22. The molecule has 0 saturated heterocycles. The fourth-order valence-corrected chi connectivity index (χ4v) is 2.49. The molecule has 3 aromatic rings. The number of rotatable bonds is 5. The highest BCUT2D eigenvalue weighted by Crippen LogP contribution is 2.18. The van der Waals surface area contributed by atoms with E-state index in [4.69, 9.17) is 5.73 Å². The van der Waals surface area contributed by atoms with Crippen LogP contribution in [0, 0.1) is 0 Å². The average molecular weight is 281 g/mol. The fraction of sp³-hybridized carbons (Fsp3) is 0.312. The maximum atomic E-state index is 6.08. The van der Waals surface area contributed by atoms with Crippen molar-refractivity contribution in [2.45, 2.75) is 32.4 Å². The summed E-state index contributed by atoms with van der Waals surface area (Å²) in [6.07, 6.45) is 5.74. The molecule has 3 rings (SSSR count). The molecule has 1 unspecified atom stereocenters. The number of aromatic nitrogens is 4. The molecule has 2 aromatic heterocycles. The summed E-state index contributed by atoms with van der Waals surface area (Å²) in [5.74, 6) is 0. The van der Waals surface area contributed by atoms with Crippen molar-refractivity contribution >= 4 is 10.9 Å². The summed E-state index contributed by atoms with van der Waals surface area (Å²) in [6.45, 7) is 2.79. The first kappa shape index (κ1) is 13.7. The highest BCUT2D eigenvalue weighted by Gasteiger charge is 2.10. The standard InChI is InChI=1S/C16H19N5/c1-2-5-14(17)16-11-21(20-19-16)10-12-8-9-18-15-7-4-3-6-13(12)15/h3-4,6-9,11,14H,2,5,10,17H2,1H3. The second kappa shape index (κ2) is 6.01. The predicted octanol–water partition coefficient (Wildman–Crippen LogP) is 2.67. The first-order chi connectivity index (χ1) is 10.3. The van der Waals surface area contributed by atoms with Crippen LogP contribution in [0.25, 0.3) is 10.9 Å². The molecule has 1 aromatic carbocycles. The summed E-state index contributed by atoms with van der Waals surface area (Å²) in [5.41, 5.74) is 9.11. The van der Waals surface area contributed by atoms with Gasteiger partial charge in [-0.2, -0.15) is 0 Å². The number of nitrogens with two attached hydrogens (primary N) is 1. The van der Waals surface area contributed by atoms with Crippen molar-refractivity contribution in [2.24, 2.45) is 5.73 Å². The molecular formula is C16H19N5. The first-order valence-electron chi connectivity index (χ1n) is 7.26. The van der Waals surface area contributed by atoms with Gasteiger partial charge >= 0.3 is 0 Å². The molecule has 108 valence electrons. The largest absolute Gasteiger partial charge is 0.323 e. The summed E-state index contributed by atoms with van der Waals surface area (Å²) < 4.78 is 1.84. The zero-order valence-corrected chi connectivity index (χ0v) is 12.1. The van der Waals surface area contributed by atoms with Crippen LogP contribution in [-0.4, -0.2) is 20.0 Å². The Morgan fingerprint density at radius 3 is 2.95 bits per heavy atom. The lowest BCUT2D eigenvalue weighted by atomic mass is 10.1. The van der Waals surface area contributed by atoms with E-state index in [0.717, 1.165) is 29.4 Å². The Bertz CT molecular complexity index is 729. The summed E-state index contributed by atoms with van der Waals surface area (Å²) >= 11 is 0. The molecule has 0 fully saturated rings. The Labute approximate surface area is 123 Å². The van der Waals surface area contributed by atoms with Gasteiger partial charge in [0.05, 0.1) is 30.0 Å². The monoisotopic (exact) mass is 281 g/mol. The van der Waals surface area contributed by atoms with E-state index in [9.17, 15) is 0 Å². The summed E-state index contributed by atoms with van der Waals surface area (Å²) in [4.78, 5) is 4.38. The maximum Gasteiger partial charge on any atom is 0.0994 e. The van der Waals surface area contributed by atoms with Crippen molar-refractivity contribution < 1.29 is 0 Å². The normalized spacial score (nSPS) is 12.7. The number of pyridine rings is 1. The predicted molar refractivity (Wildman–Crippen MR) is 82.7 cm³/mol. The Kier molecular flexibility index (Phi) is 3.92. The van der Waals surface area contributed by atoms with Gasteiger partial charge in [-0.05, 0) is 24.1 Å². The molecule has 1 atom stereocenters. The van der Waals surface area contributed by atoms with Crippen LogP contribution in [0.1, 0.15) is 37.1 Å². The van der Waals surface area contributed by atoms with E-state index in [1.54, 1.807) is 0 Å². The third-order valence-corrected chi connectivity index (χ3v) is 3.61. The van der Waals surface area contributed by atoms with Gasteiger partial charge in [0.2, 0.25) is 0 Å². The highest BCUT2D eigenvalue weighted by atomic mass is 15.4. The molecule has 0 bridgehead atoms. The molecule has 0 aliphatic heterocycles. The summed E-state index contributed by atoms with van der Waals surface area (Å²) in [7, 11) is 0. The highest BCUT2D eigenvalue weighted by molar-refractivity contribution is 5.81. The number of hydrogen-bond donors (Lipinski definition) is 1. The van der Waals surface area contributed by atoms with E-state index in [2.05, 4.69) is 28.3 Å². The molecule has 0 radical (unpaired) electrons. The zero-order chi connectivity index (χ0) is 14.7. The third-order valence-electron chi connectivity index (χ3n) is 3.61. The minimum Gasteiger partial charge on any atom is -0.323 e. The van der Waals surface area contributed by atoms with Crippen molar-refractivity contribution in [3.8, 4) is 0 Å². The Morgan fingerprint density at radius 2 is 2.10 bits per heavy atom. The Morgan fingerprint density at radius 1 is 1.24 bits per heavy atom. The van der Waals surface area contributed by atoms with Crippen LogP contribution in [0.15, 0.2) is 42.7 Å². The van der Waals surface area contributed by atoms with Gasteiger partial charge in [-0.1, -0.05) is 36.8 Å². The van der Waals surface area contributed by atoms with Crippen molar-refractivity contribution in [1.82, 2.24) is 20.0 Å². The van der Waals surface area contributed by atoms with Crippen LogP contribution in [-0.2, 0) is 6.54 Å². The van der Waals surface area contributed by atoms with Gasteiger partial charge in [0, 0.05) is 11.6 Å². The van der Waals surface area contributed by atoms with Crippen LogP contribution in [0.5, 0.6) is 0 Å². The van der Waals surface area contributed by atoms with Crippen LogP contribution < -0.4 is 5.73 Å². The van der Waals surface area contributed by atoms with Crippen molar-refractivity contribution in [1.29, 1.82) is 0 Å². The minimum atomic E-state index is -0.0297. The molecule has 0 aliphatic carbocycles. The fourth-order valence-electron chi connectivity index (χ4n) is 2.49. The van der Waals surface area contributed by atoms with Gasteiger partial charge in [0.15, 0.2) is 0 Å². The Hall–Kier alpha value is -2.27. The number of hydrogen-bond acceptors (Lipinski definition) is 4. The lowest BCUT2D eigenvalue weighted by Gasteiger charge is -2.06. The van der Waals surface area contributed by atoms with Gasteiger partial charge in [0.1, 0.15) is 0 Å². The molecule has 0 spiro atoms. The number of fused-ring (bicyclic) bond motifs is 1. The lowest BCUT2D eigenvalue weighted by molar-refractivity contribution is 0.617. The molecule has 5 nitrogen and oxygen atoms in total. The first-order valence-corrected chi connectivity index (χ1v) is 7.26. The molecule has 0 amide bonds. The molecule has 2 N–H and O–H groups in total. The summed E-state index contributed by atoms with van der Waals surface area (Å²) in [5, 5.41) is 9.52.